The lowest BCUT2D eigenvalue weighted by Crippen LogP contribution is -2.01. The van der Waals surface area contributed by atoms with Crippen molar-refractivity contribution in [3.8, 4) is 5.69 Å². The van der Waals surface area contributed by atoms with Crippen LogP contribution in [0.25, 0.3) is 5.69 Å². The zero-order valence-electron chi connectivity index (χ0n) is 10.1. The van der Waals surface area contributed by atoms with E-state index >= 15 is 0 Å². The van der Waals surface area contributed by atoms with Crippen molar-refractivity contribution in [2.24, 2.45) is 0 Å². The Labute approximate surface area is 99.7 Å². The monoisotopic (exact) mass is 231 g/mol. The molecular weight excluding hydrogens is 217 g/mol. The fraction of sp³-hybridized carbons (Fsp3) is 0.214. The van der Waals surface area contributed by atoms with Gasteiger partial charge in [0.05, 0.1) is 0 Å². The van der Waals surface area contributed by atoms with Crippen LogP contribution in [0.1, 0.15) is 28.7 Å². The minimum atomic E-state index is -0.261. The molecule has 0 spiro atoms. The molecule has 0 saturated heterocycles. The lowest BCUT2D eigenvalue weighted by atomic mass is 10.2. The minimum absolute atomic E-state index is 0.0476. The number of aromatic nitrogens is 1. The average molecular weight is 231 g/mol. The summed E-state index contributed by atoms with van der Waals surface area (Å²) in [5.74, 6) is -0.213. The van der Waals surface area contributed by atoms with Crippen LogP contribution in [0.4, 0.5) is 4.39 Å². The molecule has 0 aliphatic heterocycles. The molecule has 0 saturated carbocycles. The van der Waals surface area contributed by atoms with E-state index in [0.717, 1.165) is 17.1 Å². The molecule has 0 atom stereocenters. The van der Waals surface area contributed by atoms with Crippen LogP contribution < -0.4 is 0 Å². The Morgan fingerprint density at radius 1 is 1.18 bits per heavy atom. The van der Waals surface area contributed by atoms with Gasteiger partial charge in [-0.25, -0.2) is 4.39 Å². The molecule has 0 radical (unpaired) electrons. The third kappa shape index (κ3) is 2.00. The molecule has 2 aromatic rings. The number of rotatable bonds is 2. The van der Waals surface area contributed by atoms with Crippen LogP contribution in [-0.4, -0.2) is 10.4 Å². The molecule has 1 heterocycles. The highest BCUT2D eigenvalue weighted by Crippen LogP contribution is 2.21. The average Bonchev–Trinajstić information content (AvgIpc) is 2.56. The van der Waals surface area contributed by atoms with Gasteiger partial charge in [-0.3, -0.25) is 4.79 Å². The second-order valence-electron chi connectivity index (χ2n) is 4.15. The van der Waals surface area contributed by atoms with Crippen LogP contribution in [0, 0.1) is 19.7 Å². The van der Waals surface area contributed by atoms with Crippen LogP contribution in [0.5, 0.6) is 0 Å². The first-order valence-corrected chi connectivity index (χ1v) is 5.46. The Bertz CT molecular complexity index is 567. The van der Waals surface area contributed by atoms with E-state index in [1.165, 1.54) is 12.1 Å². The van der Waals surface area contributed by atoms with E-state index in [2.05, 4.69) is 0 Å². The summed E-state index contributed by atoms with van der Waals surface area (Å²) in [6.45, 7) is 5.38. The summed E-state index contributed by atoms with van der Waals surface area (Å²) >= 11 is 0. The number of hydrogen-bond donors (Lipinski definition) is 0. The largest absolute Gasteiger partial charge is 0.318 e. The van der Waals surface area contributed by atoms with Gasteiger partial charge in [-0.05, 0) is 51.1 Å². The molecule has 0 N–H and O–H groups in total. The first kappa shape index (κ1) is 11.6. The van der Waals surface area contributed by atoms with E-state index in [4.69, 9.17) is 0 Å². The van der Waals surface area contributed by atoms with Crippen molar-refractivity contribution in [3.63, 3.8) is 0 Å². The predicted molar refractivity (Wildman–Crippen MR) is 65.2 cm³/mol. The molecule has 2 rings (SSSR count). The molecule has 88 valence electrons. The van der Waals surface area contributed by atoms with Crippen LogP contribution in [-0.2, 0) is 0 Å². The van der Waals surface area contributed by atoms with Gasteiger partial charge in [0.1, 0.15) is 5.82 Å². The van der Waals surface area contributed by atoms with Crippen LogP contribution in [0.15, 0.2) is 30.3 Å². The topological polar surface area (TPSA) is 22.0 Å². The SMILES string of the molecule is CC(=O)c1cc(C)n(-c2ccc(F)cc2)c1C. The predicted octanol–water partition coefficient (Wildman–Crippen LogP) is 3.44. The summed E-state index contributed by atoms with van der Waals surface area (Å²) in [7, 11) is 0. The number of Topliss-reactive ketones (excluding diaryl/α,β-unsaturated/α-hetero) is 1. The van der Waals surface area contributed by atoms with Gasteiger partial charge in [0.2, 0.25) is 0 Å². The van der Waals surface area contributed by atoms with Crippen LogP contribution >= 0.6 is 0 Å². The van der Waals surface area contributed by atoms with Gasteiger partial charge < -0.3 is 4.57 Å². The molecular formula is C14H14FNO. The Hall–Kier alpha value is -1.90. The zero-order valence-corrected chi connectivity index (χ0v) is 10.1. The summed E-state index contributed by atoms with van der Waals surface area (Å²) < 4.78 is 14.8. The number of carbonyl (C=O) groups excluding carboxylic acids is 1. The second-order valence-corrected chi connectivity index (χ2v) is 4.15. The van der Waals surface area contributed by atoms with Gasteiger partial charge in [0.25, 0.3) is 0 Å². The second kappa shape index (κ2) is 4.17. The zero-order chi connectivity index (χ0) is 12.6. The van der Waals surface area contributed by atoms with Crippen molar-refractivity contribution in [2.45, 2.75) is 20.8 Å². The van der Waals surface area contributed by atoms with Crippen molar-refractivity contribution in [2.75, 3.05) is 0 Å². The maximum Gasteiger partial charge on any atom is 0.161 e. The van der Waals surface area contributed by atoms with Crippen molar-refractivity contribution < 1.29 is 9.18 Å². The summed E-state index contributed by atoms with van der Waals surface area (Å²) in [5.41, 5.74) is 3.45. The Kier molecular flexibility index (Phi) is 2.84. The molecule has 17 heavy (non-hydrogen) atoms. The van der Waals surface area contributed by atoms with Crippen molar-refractivity contribution in [1.29, 1.82) is 0 Å². The van der Waals surface area contributed by atoms with E-state index in [1.807, 2.05) is 24.5 Å². The Morgan fingerprint density at radius 3 is 2.24 bits per heavy atom. The van der Waals surface area contributed by atoms with Gasteiger partial charge in [-0.15, -0.1) is 0 Å². The molecule has 0 bridgehead atoms. The molecule has 2 nitrogen and oxygen atoms in total. The molecule has 1 aromatic carbocycles. The van der Waals surface area contributed by atoms with E-state index in [0.29, 0.717) is 5.56 Å². The highest BCUT2D eigenvalue weighted by Gasteiger charge is 2.13. The van der Waals surface area contributed by atoms with Gasteiger partial charge in [-0.2, -0.15) is 0 Å². The van der Waals surface area contributed by atoms with E-state index in [9.17, 15) is 9.18 Å². The first-order chi connectivity index (χ1) is 8.00. The van der Waals surface area contributed by atoms with E-state index < -0.39 is 0 Å². The number of halogens is 1. The maximum atomic E-state index is 12.9. The van der Waals surface area contributed by atoms with E-state index in [-0.39, 0.29) is 11.6 Å². The third-order valence-corrected chi connectivity index (χ3v) is 2.90. The van der Waals surface area contributed by atoms with Crippen molar-refractivity contribution >= 4 is 5.78 Å². The molecule has 0 fully saturated rings. The third-order valence-electron chi connectivity index (χ3n) is 2.90. The minimum Gasteiger partial charge on any atom is -0.318 e. The summed E-state index contributed by atoms with van der Waals surface area (Å²) in [6, 6.07) is 8.11. The van der Waals surface area contributed by atoms with Gasteiger partial charge in [-0.1, -0.05) is 0 Å². The number of carbonyl (C=O) groups is 1. The van der Waals surface area contributed by atoms with Crippen LogP contribution in [0.2, 0.25) is 0 Å². The summed E-state index contributed by atoms with van der Waals surface area (Å²) in [5, 5.41) is 0. The van der Waals surface area contributed by atoms with Gasteiger partial charge in [0, 0.05) is 22.6 Å². The molecule has 0 unspecified atom stereocenters. The van der Waals surface area contributed by atoms with Gasteiger partial charge >= 0.3 is 0 Å². The number of aryl methyl sites for hydroxylation is 1. The number of hydrogen-bond acceptors (Lipinski definition) is 1. The van der Waals surface area contributed by atoms with Crippen molar-refractivity contribution in [1.82, 2.24) is 4.57 Å². The quantitative estimate of drug-likeness (QED) is 0.726. The van der Waals surface area contributed by atoms with Crippen LogP contribution in [0.3, 0.4) is 0 Å². The molecule has 0 aliphatic rings. The lowest BCUT2D eigenvalue weighted by molar-refractivity contribution is 0.101. The number of ketones is 1. The normalized spacial score (nSPS) is 10.6. The number of benzene rings is 1. The Morgan fingerprint density at radius 2 is 1.76 bits per heavy atom. The maximum absolute atomic E-state index is 12.9. The molecule has 3 heteroatoms. The van der Waals surface area contributed by atoms with Gasteiger partial charge in [0.15, 0.2) is 5.78 Å². The lowest BCUT2D eigenvalue weighted by Gasteiger charge is -2.09. The fourth-order valence-electron chi connectivity index (χ4n) is 2.11. The number of nitrogens with zero attached hydrogens (tertiary/aromatic N) is 1. The fourth-order valence-corrected chi connectivity index (χ4v) is 2.11. The summed E-state index contributed by atoms with van der Waals surface area (Å²) in [6.07, 6.45) is 0. The van der Waals surface area contributed by atoms with Crippen molar-refractivity contribution in [3.05, 3.63) is 53.1 Å². The standard InChI is InChI=1S/C14H14FNO/c1-9-8-14(11(3)17)10(2)16(9)13-6-4-12(15)5-7-13/h4-8H,1-3H3. The molecule has 0 amide bonds. The highest BCUT2D eigenvalue weighted by molar-refractivity contribution is 5.95. The highest BCUT2D eigenvalue weighted by atomic mass is 19.1. The molecule has 1 aromatic heterocycles. The summed E-state index contributed by atoms with van der Waals surface area (Å²) in [4.78, 5) is 11.4. The molecule has 0 aliphatic carbocycles. The first-order valence-electron chi connectivity index (χ1n) is 5.46. The van der Waals surface area contributed by atoms with E-state index in [1.54, 1.807) is 19.1 Å². The smallest absolute Gasteiger partial charge is 0.161 e. The Balaban J connectivity index is 2.59.